The molecule has 20 heavy (non-hydrogen) atoms. The van der Waals surface area contributed by atoms with E-state index < -0.39 is 0 Å². The number of hydrogen-bond donors (Lipinski definition) is 0. The predicted molar refractivity (Wildman–Crippen MR) is 80.3 cm³/mol. The zero-order valence-electron chi connectivity index (χ0n) is 11.4. The molecule has 3 aromatic rings. The smallest absolute Gasteiger partial charge is 0.124 e. The van der Waals surface area contributed by atoms with Gasteiger partial charge in [0.2, 0.25) is 0 Å². The van der Waals surface area contributed by atoms with E-state index in [-0.39, 0.29) is 0 Å². The van der Waals surface area contributed by atoms with E-state index in [1.807, 2.05) is 0 Å². The topological polar surface area (TPSA) is 21.1 Å². The van der Waals surface area contributed by atoms with Crippen LogP contribution in [0.4, 0.5) is 0 Å². The standard InChI is InChI=1S/C17H17N3/c1-2-6-14(7-3-1)12-19-10-11-20-16-9-5-4-8-15(16)18-17(20)13-19/h1-9H,10-13H2. The minimum Gasteiger partial charge on any atom is -0.326 e. The van der Waals surface area contributed by atoms with E-state index in [4.69, 9.17) is 4.98 Å². The van der Waals surface area contributed by atoms with E-state index in [2.05, 4.69) is 64.1 Å². The van der Waals surface area contributed by atoms with Crippen LogP contribution in [0.15, 0.2) is 54.6 Å². The van der Waals surface area contributed by atoms with E-state index in [0.29, 0.717) is 0 Å². The van der Waals surface area contributed by atoms with Crippen molar-refractivity contribution in [3.63, 3.8) is 0 Å². The van der Waals surface area contributed by atoms with Crippen molar-refractivity contribution in [2.75, 3.05) is 6.54 Å². The number of benzene rings is 2. The van der Waals surface area contributed by atoms with E-state index in [0.717, 1.165) is 31.7 Å². The molecule has 0 fully saturated rings. The maximum Gasteiger partial charge on any atom is 0.124 e. The Morgan fingerprint density at radius 3 is 2.60 bits per heavy atom. The van der Waals surface area contributed by atoms with Crippen LogP contribution >= 0.6 is 0 Å². The van der Waals surface area contributed by atoms with Gasteiger partial charge >= 0.3 is 0 Å². The number of rotatable bonds is 2. The molecule has 0 N–H and O–H groups in total. The summed E-state index contributed by atoms with van der Waals surface area (Å²) in [6.45, 7) is 4.05. The monoisotopic (exact) mass is 263 g/mol. The molecule has 0 bridgehead atoms. The van der Waals surface area contributed by atoms with Gasteiger partial charge in [0.25, 0.3) is 0 Å². The average Bonchev–Trinajstić information content (AvgIpc) is 2.86. The van der Waals surface area contributed by atoms with Crippen LogP contribution in [0.2, 0.25) is 0 Å². The zero-order valence-corrected chi connectivity index (χ0v) is 11.4. The third kappa shape index (κ3) is 2.00. The van der Waals surface area contributed by atoms with Crippen LogP contribution in [0.5, 0.6) is 0 Å². The van der Waals surface area contributed by atoms with E-state index >= 15 is 0 Å². The molecule has 100 valence electrons. The van der Waals surface area contributed by atoms with Crippen molar-refractivity contribution in [1.82, 2.24) is 14.5 Å². The zero-order chi connectivity index (χ0) is 13.4. The van der Waals surface area contributed by atoms with Crippen molar-refractivity contribution in [2.45, 2.75) is 19.6 Å². The minimum absolute atomic E-state index is 0.934. The number of para-hydroxylation sites is 2. The van der Waals surface area contributed by atoms with Crippen LogP contribution in [0.3, 0.4) is 0 Å². The summed E-state index contributed by atoms with van der Waals surface area (Å²) in [5.74, 6) is 1.19. The van der Waals surface area contributed by atoms with Gasteiger partial charge in [-0.15, -0.1) is 0 Å². The Labute approximate surface area is 118 Å². The number of aromatic nitrogens is 2. The lowest BCUT2D eigenvalue weighted by Crippen LogP contribution is -2.33. The molecule has 0 saturated carbocycles. The second-order valence-corrected chi connectivity index (χ2v) is 5.36. The van der Waals surface area contributed by atoms with Gasteiger partial charge in [-0.25, -0.2) is 4.98 Å². The fraction of sp³-hybridized carbons (Fsp3) is 0.235. The van der Waals surface area contributed by atoms with Crippen LogP contribution in [0.25, 0.3) is 11.0 Å². The van der Waals surface area contributed by atoms with Crippen molar-refractivity contribution in [3.05, 3.63) is 66.0 Å². The molecule has 2 aromatic carbocycles. The van der Waals surface area contributed by atoms with Gasteiger partial charge in [0.1, 0.15) is 5.82 Å². The molecular formula is C17H17N3. The molecule has 0 spiro atoms. The van der Waals surface area contributed by atoms with Gasteiger partial charge in [-0.05, 0) is 17.7 Å². The van der Waals surface area contributed by atoms with E-state index in [9.17, 15) is 0 Å². The highest BCUT2D eigenvalue weighted by atomic mass is 15.2. The molecule has 0 aliphatic carbocycles. The lowest BCUT2D eigenvalue weighted by molar-refractivity contribution is 0.211. The molecule has 0 saturated heterocycles. The summed E-state index contributed by atoms with van der Waals surface area (Å²) >= 11 is 0. The van der Waals surface area contributed by atoms with Gasteiger partial charge in [-0.1, -0.05) is 42.5 Å². The lowest BCUT2D eigenvalue weighted by atomic mass is 10.2. The summed E-state index contributed by atoms with van der Waals surface area (Å²) in [5.41, 5.74) is 3.75. The van der Waals surface area contributed by atoms with E-state index in [1.165, 1.54) is 16.9 Å². The molecule has 1 aliphatic rings. The Morgan fingerprint density at radius 2 is 1.70 bits per heavy atom. The third-order valence-electron chi connectivity index (χ3n) is 3.99. The first kappa shape index (κ1) is 11.7. The maximum absolute atomic E-state index is 4.77. The first-order valence-electron chi connectivity index (χ1n) is 7.10. The summed E-state index contributed by atoms with van der Waals surface area (Å²) in [4.78, 5) is 7.24. The summed E-state index contributed by atoms with van der Waals surface area (Å²) in [7, 11) is 0. The quantitative estimate of drug-likeness (QED) is 0.708. The summed E-state index contributed by atoms with van der Waals surface area (Å²) in [5, 5.41) is 0. The molecular weight excluding hydrogens is 246 g/mol. The van der Waals surface area contributed by atoms with Gasteiger partial charge in [-0.3, -0.25) is 4.90 Å². The second kappa shape index (κ2) is 4.76. The summed E-state index contributed by atoms with van der Waals surface area (Å²) in [6.07, 6.45) is 0. The second-order valence-electron chi connectivity index (χ2n) is 5.36. The molecule has 0 radical (unpaired) electrons. The predicted octanol–water partition coefficient (Wildman–Crippen LogP) is 3.05. The molecule has 1 aromatic heterocycles. The average molecular weight is 263 g/mol. The van der Waals surface area contributed by atoms with Crippen LogP contribution in [0, 0.1) is 0 Å². The van der Waals surface area contributed by atoms with Crippen molar-refractivity contribution in [3.8, 4) is 0 Å². The number of nitrogens with zero attached hydrogens (tertiary/aromatic N) is 3. The SMILES string of the molecule is c1ccc(CN2CCn3c(nc4ccccc43)C2)cc1. The highest BCUT2D eigenvalue weighted by molar-refractivity contribution is 5.75. The lowest BCUT2D eigenvalue weighted by Gasteiger charge is -2.27. The van der Waals surface area contributed by atoms with Crippen molar-refractivity contribution >= 4 is 11.0 Å². The van der Waals surface area contributed by atoms with Gasteiger partial charge in [0.05, 0.1) is 17.6 Å². The number of hydrogen-bond acceptors (Lipinski definition) is 2. The van der Waals surface area contributed by atoms with Crippen LogP contribution in [-0.2, 0) is 19.6 Å². The van der Waals surface area contributed by atoms with Crippen molar-refractivity contribution in [1.29, 1.82) is 0 Å². The summed E-state index contributed by atoms with van der Waals surface area (Å²) < 4.78 is 2.36. The minimum atomic E-state index is 0.934. The fourth-order valence-electron chi connectivity index (χ4n) is 2.99. The number of fused-ring (bicyclic) bond motifs is 3. The molecule has 0 amide bonds. The first-order valence-corrected chi connectivity index (χ1v) is 7.10. The van der Waals surface area contributed by atoms with Gasteiger partial charge in [-0.2, -0.15) is 0 Å². The van der Waals surface area contributed by atoms with Crippen LogP contribution in [-0.4, -0.2) is 21.0 Å². The highest BCUT2D eigenvalue weighted by Crippen LogP contribution is 2.21. The summed E-state index contributed by atoms with van der Waals surface area (Å²) in [6, 6.07) is 19.1. The maximum atomic E-state index is 4.77. The Balaban J connectivity index is 1.60. The van der Waals surface area contributed by atoms with Gasteiger partial charge < -0.3 is 4.57 Å². The van der Waals surface area contributed by atoms with Gasteiger partial charge in [0, 0.05) is 19.6 Å². The highest BCUT2D eigenvalue weighted by Gasteiger charge is 2.19. The fourth-order valence-corrected chi connectivity index (χ4v) is 2.99. The van der Waals surface area contributed by atoms with Crippen LogP contribution < -0.4 is 0 Å². The molecule has 2 heterocycles. The Kier molecular flexibility index (Phi) is 2.78. The Hall–Kier alpha value is -2.13. The van der Waals surface area contributed by atoms with Crippen LogP contribution in [0.1, 0.15) is 11.4 Å². The molecule has 3 heteroatoms. The van der Waals surface area contributed by atoms with E-state index in [1.54, 1.807) is 0 Å². The van der Waals surface area contributed by atoms with Crippen molar-refractivity contribution < 1.29 is 0 Å². The van der Waals surface area contributed by atoms with Crippen molar-refractivity contribution in [2.24, 2.45) is 0 Å². The molecule has 3 nitrogen and oxygen atoms in total. The third-order valence-corrected chi connectivity index (χ3v) is 3.99. The number of imidazole rings is 1. The Bertz CT molecular complexity index is 730. The molecule has 4 rings (SSSR count). The Morgan fingerprint density at radius 1 is 0.900 bits per heavy atom. The molecule has 0 unspecified atom stereocenters. The normalized spacial score (nSPS) is 15.4. The molecule has 1 aliphatic heterocycles. The molecule has 0 atom stereocenters. The van der Waals surface area contributed by atoms with Gasteiger partial charge in [0.15, 0.2) is 0 Å². The largest absolute Gasteiger partial charge is 0.326 e. The first-order chi connectivity index (χ1) is 9.90.